The molecular weight excluding hydrogens is 214 g/mol. The lowest BCUT2D eigenvalue weighted by atomic mass is 10.1. The van der Waals surface area contributed by atoms with E-state index in [1.54, 1.807) is 12.1 Å². The summed E-state index contributed by atoms with van der Waals surface area (Å²) in [4.78, 5) is 10.7. The Balaban J connectivity index is 1.78. The molecule has 1 aliphatic carbocycles. The van der Waals surface area contributed by atoms with Crippen LogP contribution in [0.5, 0.6) is 0 Å². The maximum absolute atomic E-state index is 10.7. The molecule has 1 aliphatic rings. The molecule has 92 valence electrons. The molecule has 0 aromatic heterocycles. The van der Waals surface area contributed by atoms with Crippen molar-refractivity contribution in [1.82, 2.24) is 5.32 Å². The Morgan fingerprint density at radius 1 is 1.41 bits per heavy atom. The van der Waals surface area contributed by atoms with E-state index in [-0.39, 0.29) is 0 Å². The molecule has 2 rings (SSSR count). The third-order valence-electron chi connectivity index (χ3n) is 3.35. The minimum absolute atomic E-state index is 0.351. The molecule has 0 aliphatic heterocycles. The summed E-state index contributed by atoms with van der Waals surface area (Å²) in [5.41, 5.74) is 1.50. The van der Waals surface area contributed by atoms with Crippen molar-refractivity contribution in [3.05, 3.63) is 35.4 Å². The van der Waals surface area contributed by atoms with Gasteiger partial charge < -0.3 is 10.4 Å². The van der Waals surface area contributed by atoms with Crippen LogP contribution in [-0.2, 0) is 6.54 Å². The molecule has 1 saturated carbocycles. The first-order valence-corrected chi connectivity index (χ1v) is 6.26. The summed E-state index contributed by atoms with van der Waals surface area (Å²) < 4.78 is 0. The number of nitrogens with one attached hydrogen (secondary N) is 1. The van der Waals surface area contributed by atoms with Crippen LogP contribution in [0.4, 0.5) is 0 Å². The van der Waals surface area contributed by atoms with Gasteiger partial charge in [-0.1, -0.05) is 25.5 Å². The van der Waals surface area contributed by atoms with Gasteiger partial charge in [-0.15, -0.1) is 0 Å². The Morgan fingerprint density at radius 3 is 2.71 bits per heavy atom. The smallest absolute Gasteiger partial charge is 0.335 e. The molecule has 1 aromatic rings. The maximum atomic E-state index is 10.7. The maximum Gasteiger partial charge on any atom is 0.335 e. The van der Waals surface area contributed by atoms with Gasteiger partial charge in [-0.05, 0) is 36.5 Å². The highest BCUT2D eigenvalue weighted by Gasteiger charge is 2.35. The van der Waals surface area contributed by atoms with E-state index in [0.29, 0.717) is 11.6 Å². The second-order valence-corrected chi connectivity index (χ2v) is 4.77. The third kappa shape index (κ3) is 3.30. The molecular formula is C14H19NO2. The molecule has 3 heteroatoms. The zero-order chi connectivity index (χ0) is 12.3. The Labute approximate surface area is 102 Å². The lowest BCUT2D eigenvalue weighted by molar-refractivity contribution is 0.0697. The van der Waals surface area contributed by atoms with Crippen molar-refractivity contribution in [3.63, 3.8) is 0 Å². The third-order valence-corrected chi connectivity index (χ3v) is 3.35. The van der Waals surface area contributed by atoms with Gasteiger partial charge >= 0.3 is 5.97 Å². The number of carbonyl (C=O) groups is 1. The molecule has 0 spiro atoms. The van der Waals surface area contributed by atoms with Crippen LogP contribution >= 0.6 is 0 Å². The largest absolute Gasteiger partial charge is 0.478 e. The summed E-state index contributed by atoms with van der Waals surface area (Å²) in [5, 5.41) is 12.3. The Morgan fingerprint density at radius 2 is 2.12 bits per heavy atom. The number of carboxylic acid groups (broad SMARTS) is 1. The van der Waals surface area contributed by atoms with E-state index in [9.17, 15) is 4.79 Å². The van der Waals surface area contributed by atoms with Crippen LogP contribution in [0.1, 0.15) is 42.1 Å². The molecule has 1 aromatic carbocycles. The zero-order valence-corrected chi connectivity index (χ0v) is 10.1. The van der Waals surface area contributed by atoms with Gasteiger partial charge in [-0.3, -0.25) is 0 Å². The number of aromatic carboxylic acids is 1. The lowest BCUT2D eigenvalue weighted by Gasteiger charge is -2.04. The molecule has 2 N–H and O–H groups in total. The van der Waals surface area contributed by atoms with Crippen molar-refractivity contribution < 1.29 is 9.90 Å². The van der Waals surface area contributed by atoms with Gasteiger partial charge in [-0.25, -0.2) is 4.79 Å². The van der Waals surface area contributed by atoms with Crippen LogP contribution in [-0.4, -0.2) is 17.1 Å². The van der Waals surface area contributed by atoms with E-state index in [4.69, 9.17) is 5.11 Å². The first-order chi connectivity index (χ1) is 8.20. The standard InChI is InChI=1S/C14H19NO2/c1-2-3-12-8-13(12)15-9-10-4-6-11(7-5-10)14(16)17/h4-7,12-13,15H,2-3,8-9H2,1H3,(H,16,17). The highest BCUT2D eigenvalue weighted by molar-refractivity contribution is 5.87. The molecule has 1 fully saturated rings. The minimum Gasteiger partial charge on any atom is -0.478 e. The Hall–Kier alpha value is -1.35. The quantitative estimate of drug-likeness (QED) is 0.794. The normalized spacial score (nSPS) is 22.4. The van der Waals surface area contributed by atoms with Gasteiger partial charge in [0, 0.05) is 12.6 Å². The van der Waals surface area contributed by atoms with Gasteiger partial charge in [0.2, 0.25) is 0 Å². The average Bonchev–Trinajstić information content (AvgIpc) is 3.06. The highest BCUT2D eigenvalue weighted by Crippen LogP contribution is 2.34. The van der Waals surface area contributed by atoms with Gasteiger partial charge in [0.05, 0.1) is 5.56 Å². The van der Waals surface area contributed by atoms with Crippen LogP contribution < -0.4 is 5.32 Å². The molecule has 0 radical (unpaired) electrons. The van der Waals surface area contributed by atoms with Crippen LogP contribution in [0.25, 0.3) is 0 Å². The number of hydrogen-bond acceptors (Lipinski definition) is 2. The molecule has 2 atom stereocenters. The summed E-state index contributed by atoms with van der Waals surface area (Å²) >= 11 is 0. The summed E-state index contributed by atoms with van der Waals surface area (Å²) in [6, 6.07) is 7.77. The summed E-state index contributed by atoms with van der Waals surface area (Å²) in [6.07, 6.45) is 3.87. The fourth-order valence-electron chi connectivity index (χ4n) is 2.20. The highest BCUT2D eigenvalue weighted by atomic mass is 16.4. The SMILES string of the molecule is CCCC1CC1NCc1ccc(C(=O)O)cc1. The van der Waals surface area contributed by atoms with Crippen LogP contribution in [0.15, 0.2) is 24.3 Å². The summed E-state index contributed by atoms with van der Waals surface area (Å²) in [5.74, 6) is -0.00648. The van der Waals surface area contributed by atoms with E-state index in [0.717, 1.165) is 18.0 Å². The molecule has 3 nitrogen and oxygen atoms in total. The number of benzene rings is 1. The Kier molecular flexibility index (Phi) is 3.79. The van der Waals surface area contributed by atoms with Crippen molar-refractivity contribution in [1.29, 1.82) is 0 Å². The van der Waals surface area contributed by atoms with Gasteiger partial charge in [0.1, 0.15) is 0 Å². The molecule has 0 heterocycles. The van der Waals surface area contributed by atoms with Gasteiger partial charge in [0.25, 0.3) is 0 Å². The number of rotatable bonds is 6. The number of hydrogen-bond donors (Lipinski definition) is 2. The van der Waals surface area contributed by atoms with Crippen molar-refractivity contribution in [2.45, 2.75) is 38.8 Å². The van der Waals surface area contributed by atoms with Crippen molar-refractivity contribution >= 4 is 5.97 Å². The van der Waals surface area contributed by atoms with Crippen LogP contribution in [0.3, 0.4) is 0 Å². The van der Waals surface area contributed by atoms with Crippen molar-refractivity contribution in [2.24, 2.45) is 5.92 Å². The second-order valence-electron chi connectivity index (χ2n) is 4.77. The van der Waals surface area contributed by atoms with Gasteiger partial charge in [-0.2, -0.15) is 0 Å². The molecule has 0 saturated heterocycles. The lowest BCUT2D eigenvalue weighted by Crippen LogP contribution is -2.17. The van der Waals surface area contributed by atoms with E-state index >= 15 is 0 Å². The summed E-state index contributed by atoms with van der Waals surface area (Å²) in [7, 11) is 0. The van der Waals surface area contributed by atoms with Gasteiger partial charge in [0.15, 0.2) is 0 Å². The van der Waals surface area contributed by atoms with E-state index in [1.165, 1.54) is 19.3 Å². The molecule has 2 unspecified atom stereocenters. The van der Waals surface area contributed by atoms with E-state index < -0.39 is 5.97 Å². The minimum atomic E-state index is -0.866. The van der Waals surface area contributed by atoms with Crippen molar-refractivity contribution in [3.8, 4) is 0 Å². The fourth-order valence-corrected chi connectivity index (χ4v) is 2.20. The van der Waals surface area contributed by atoms with Crippen LogP contribution in [0.2, 0.25) is 0 Å². The summed E-state index contributed by atoms with van der Waals surface area (Å²) in [6.45, 7) is 3.06. The van der Waals surface area contributed by atoms with E-state index in [2.05, 4.69) is 12.2 Å². The zero-order valence-electron chi connectivity index (χ0n) is 10.1. The fraction of sp³-hybridized carbons (Fsp3) is 0.500. The topological polar surface area (TPSA) is 49.3 Å². The van der Waals surface area contributed by atoms with Crippen LogP contribution in [0, 0.1) is 5.92 Å². The van der Waals surface area contributed by atoms with E-state index in [1.807, 2.05) is 12.1 Å². The molecule has 17 heavy (non-hydrogen) atoms. The monoisotopic (exact) mass is 233 g/mol. The number of carboxylic acids is 1. The predicted molar refractivity (Wildman–Crippen MR) is 67.0 cm³/mol. The first-order valence-electron chi connectivity index (χ1n) is 6.26. The Bertz CT molecular complexity index is 386. The average molecular weight is 233 g/mol. The van der Waals surface area contributed by atoms with Crippen molar-refractivity contribution in [2.75, 3.05) is 0 Å². The predicted octanol–water partition coefficient (Wildman–Crippen LogP) is 2.66. The molecule has 0 bridgehead atoms. The second kappa shape index (κ2) is 5.32. The first kappa shape index (κ1) is 12.1. The molecule has 0 amide bonds.